The van der Waals surface area contributed by atoms with Gasteiger partial charge in [0.05, 0.1) is 18.7 Å². The summed E-state index contributed by atoms with van der Waals surface area (Å²) in [6.45, 7) is 0.619. The third-order valence-corrected chi connectivity index (χ3v) is 3.99. The maximum absolute atomic E-state index is 12.4. The molecule has 3 rings (SSSR count). The predicted octanol–water partition coefficient (Wildman–Crippen LogP) is 3.26. The molecule has 3 aromatic rings. The van der Waals surface area contributed by atoms with Gasteiger partial charge in [-0.25, -0.2) is 9.97 Å². The number of carbonyl (C=O) groups is 1. The Morgan fingerprint density at radius 2 is 2.00 bits per heavy atom. The number of nitriles is 1. The highest BCUT2D eigenvalue weighted by atomic mass is 16.5. The highest BCUT2D eigenvalue weighted by Crippen LogP contribution is 2.13. The fraction of sp³-hybridized carbons (Fsp3) is 0.143. The van der Waals surface area contributed by atoms with E-state index in [1.165, 1.54) is 6.20 Å². The van der Waals surface area contributed by atoms with Gasteiger partial charge in [-0.3, -0.25) is 4.79 Å². The van der Waals surface area contributed by atoms with Crippen LogP contribution < -0.4 is 15.4 Å². The van der Waals surface area contributed by atoms with Gasteiger partial charge in [0.2, 0.25) is 5.95 Å². The number of ether oxygens (including phenoxy) is 1. The van der Waals surface area contributed by atoms with Gasteiger partial charge in [0.1, 0.15) is 11.4 Å². The molecule has 0 aliphatic carbocycles. The third-order valence-electron chi connectivity index (χ3n) is 3.99. The van der Waals surface area contributed by atoms with Crippen molar-refractivity contribution in [3.05, 3.63) is 77.6 Å². The minimum absolute atomic E-state index is 0.253. The Bertz CT molecular complexity index is 996. The lowest BCUT2D eigenvalue weighted by molar-refractivity contribution is 0.102. The summed E-state index contributed by atoms with van der Waals surface area (Å²) in [5, 5.41) is 14.7. The number of anilines is 2. The van der Waals surface area contributed by atoms with E-state index in [1.807, 2.05) is 30.3 Å². The Morgan fingerprint density at radius 1 is 1.18 bits per heavy atom. The second-order valence-corrected chi connectivity index (χ2v) is 5.94. The molecule has 0 fully saturated rings. The molecule has 28 heavy (non-hydrogen) atoms. The highest BCUT2D eigenvalue weighted by Gasteiger charge is 2.09. The molecule has 0 saturated carbocycles. The van der Waals surface area contributed by atoms with Gasteiger partial charge in [0.15, 0.2) is 0 Å². The second-order valence-electron chi connectivity index (χ2n) is 5.94. The molecule has 1 heterocycles. The Kier molecular flexibility index (Phi) is 6.16. The summed E-state index contributed by atoms with van der Waals surface area (Å²) in [4.78, 5) is 20.8. The summed E-state index contributed by atoms with van der Waals surface area (Å²) in [5.41, 5.74) is 2.50. The Balaban J connectivity index is 1.58. The van der Waals surface area contributed by atoms with Crippen LogP contribution in [0.2, 0.25) is 0 Å². The van der Waals surface area contributed by atoms with Crippen molar-refractivity contribution in [1.29, 1.82) is 5.26 Å². The summed E-state index contributed by atoms with van der Waals surface area (Å²) in [5.74, 6) is 0.855. The number of methoxy groups -OCH3 is 1. The van der Waals surface area contributed by atoms with Gasteiger partial charge in [0.25, 0.3) is 5.91 Å². The normalized spacial score (nSPS) is 10.0. The molecular formula is C21H19N5O2. The van der Waals surface area contributed by atoms with Crippen LogP contribution in [0.3, 0.4) is 0 Å². The van der Waals surface area contributed by atoms with Crippen LogP contribution in [0.4, 0.5) is 11.6 Å². The van der Waals surface area contributed by atoms with Crippen LogP contribution in [0.25, 0.3) is 0 Å². The minimum Gasteiger partial charge on any atom is -0.497 e. The van der Waals surface area contributed by atoms with Gasteiger partial charge >= 0.3 is 0 Å². The summed E-state index contributed by atoms with van der Waals surface area (Å²) in [7, 11) is 1.64. The molecule has 0 unspecified atom stereocenters. The Morgan fingerprint density at radius 3 is 2.75 bits per heavy atom. The molecule has 0 atom stereocenters. The number of hydrogen-bond acceptors (Lipinski definition) is 6. The predicted molar refractivity (Wildman–Crippen MR) is 106 cm³/mol. The van der Waals surface area contributed by atoms with Gasteiger partial charge < -0.3 is 15.4 Å². The maximum Gasteiger partial charge on any atom is 0.274 e. The molecule has 1 aromatic heterocycles. The first-order valence-electron chi connectivity index (χ1n) is 8.69. The highest BCUT2D eigenvalue weighted by molar-refractivity contribution is 6.02. The quantitative estimate of drug-likeness (QED) is 0.659. The van der Waals surface area contributed by atoms with E-state index in [9.17, 15) is 4.79 Å². The van der Waals surface area contributed by atoms with Crippen LogP contribution in [0.5, 0.6) is 5.75 Å². The largest absolute Gasteiger partial charge is 0.497 e. The standard InChI is InChI=1S/C21H19N5O2/c1-28-18-4-2-3-15(13-18)9-11-23-21-24-12-10-19(26-21)20(27)25-17-7-5-16(14-22)6-8-17/h2-8,10,12-13H,9,11H2,1H3,(H,25,27)(H,23,24,26). The molecule has 7 heteroatoms. The monoisotopic (exact) mass is 373 g/mol. The zero-order valence-electron chi connectivity index (χ0n) is 15.3. The maximum atomic E-state index is 12.4. The molecule has 0 aliphatic heterocycles. The van der Waals surface area contributed by atoms with Crippen LogP contribution in [0.1, 0.15) is 21.6 Å². The number of hydrogen-bond donors (Lipinski definition) is 2. The SMILES string of the molecule is COc1cccc(CCNc2nccc(C(=O)Nc3ccc(C#N)cc3)n2)c1. The van der Waals surface area contributed by atoms with Crippen molar-refractivity contribution < 1.29 is 9.53 Å². The van der Waals surface area contributed by atoms with Crippen molar-refractivity contribution in [2.24, 2.45) is 0 Å². The van der Waals surface area contributed by atoms with Crippen LogP contribution in [-0.4, -0.2) is 29.5 Å². The number of amides is 1. The molecule has 0 spiro atoms. The second kappa shape index (κ2) is 9.14. The molecule has 7 nitrogen and oxygen atoms in total. The molecule has 0 aliphatic rings. The number of rotatable bonds is 7. The smallest absolute Gasteiger partial charge is 0.274 e. The molecular weight excluding hydrogens is 354 g/mol. The van der Waals surface area contributed by atoms with Gasteiger partial charge in [-0.1, -0.05) is 12.1 Å². The van der Waals surface area contributed by atoms with Gasteiger partial charge in [0, 0.05) is 18.4 Å². The van der Waals surface area contributed by atoms with Crippen molar-refractivity contribution >= 4 is 17.5 Å². The first-order chi connectivity index (χ1) is 13.7. The number of nitrogens with one attached hydrogen (secondary N) is 2. The van der Waals surface area contributed by atoms with E-state index >= 15 is 0 Å². The first-order valence-corrected chi connectivity index (χ1v) is 8.69. The van der Waals surface area contributed by atoms with Crippen molar-refractivity contribution in [2.75, 3.05) is 24.3 Å². The average Bonchev–Trinajstić information content (AvgIpc) is 2.74. The van der Waals surface area contributed by atoms with Crippen LogP contribution in [-0.2, 0) is 6.42 Å². The molecule has 1 amide bonds. The molecule has 0 bridgehead atoms. The van der Waals surface area contributed by atoms with E-state index < -0.39 is 0 Å². The molecule has 140 valence electrons. The Hall–Kier alpha value is -3.92. The van der Waals surface area contributed by atoms with Crippen molar-refractivity contribution in [2.45, 2.75) is 6.42 Å². The number of aromatic nitrogens is 2. The summed E-state index contributed by atoms with van der Waals surface area (Å²) >= 11 is 0. The summed E-state index contributed by atoms with van der Waals surface area (Å²) in [6.07, 6.45) is 2.30. The Labute approximate surface area is 163 Å². The molecule has 2 N–H and O–H groups in total. The van der Waals surface area contributed by atoms with Crippen LogP contribution in [0.15, 0.2) is 60.8 Å². The van der Waals surface area contributed by atoms with Gasteiger partial charge in [-0.05, 0) is 54.4 Å². The molecule has 0 radical (unpaired) electrons. The lowest BCUT2D eigenvalue weighted by atomic mass is 10.1. The molecule has 2 aromatic carbocycles. The number of nitrogens with zero attached hydrogens (tertiary/aromatic N) is 3. The van der Waals surface area contributed by atoms with Crippen molar-refractivity contribution in [3.8, 4) is 11.8 Å². The van der Waals surface area contributed by atoms with E-state index in [0.717, 1.165) is 17.7 Å². The van der Waals surface area contributed by atoms with Crippen molar-refractivity contribution in [1.82, 2.24) is 9.97 Å². The lowest BCUT2D eigenvalue weighted by Gasteiger charge is -2.08. The van der Waals surface area contributed by atoms with Gasteiger partial charge in [-0.15, -0.1) is 0 Å². The zero-order chi connectivity index (χ0) is 19.8. The summed E-state index contributed by atoms with van der Waals surface area (Å²) < 4.78 is 5.22. The number of carbonyl (C=O) groups excluding carboxylic acids is 1. The molecule has 0 saturated heterocycles. The van der Waals surface area contributed by atoms with E-state index in [2.05, 4.69) is 20.6 Å². The third kappa shape index (κ3) is 5.05. The lowest BCUT2D eigenvalue weighted by Crippen LogP contribution is -2.16. The van der Waals surface area contributed by atoms with Crippen LogP contribution >= 0.6 is 0 Å². The van der Waals surface area contributed by atoms with E-state index in [0.29, 0.717) is 23.7 Å². The van der Waals surface area contributed by atoms with Gasteiger partial charge in [-0.2, -0.15) is 5.26 Å². The first kappa shape index (κ1) is 18.9. The van der Waals surface area contributed by atoms with E-state index in [4.69, 9.17) is 10.00 Å². The number of benzene rings is 2. The minimum atomic E-state index is -0.344. The van der Waals surface area contributed by atoms with E-state index in [-0.39, 0.29) is 11.6 Å². The van der Waals surface area contributed by atoms with E-state index in [1.54, 1.807) is 37.4 Å². The average molecular weight is 373 g/mol. The summed E-state index contributed by atoms with van der Waals surface area (Å²) in [6, 6.07) is 18.0. The van der Waals surface area contributed by atoms with Crippen LogP contribution in [0, 0.1) is 11.3 Å². The topological polar surface area (TPSA) is 99.9 Å². The zero-order valence-corrected chi connectivity index (χ0v) is 15.3. The fourth-order valence-electron chi connectivity index (χ4n) is 2.54. The fourth-order valence-corrected chi connectivity index (χ4v) is 2.54. The van der Waals surface area contributed by atoms with Crippen molar-refractivity contribution in [3.63, 3.8) is 0 Å².